The van der Waals surface area contributed by atoms with Crippen LogP contribution in [0.15, 0.2) is 36.5 Å². The van der Waals surface area contributed by atoms with E-state index < -0.39 is 5.97 Å². The summed E-state index contributed by atoms with van der Waals surface area (Å²) in [6.45, 7) is 9.06. The second-order valence-corrected chi connectivity index (χ2v) is 9.16. The van der Waals surface area contributed by atoms with Crippen molar-refractivity contribution >= 4 is 34.3 Å². The molecule has 8 nitrogen and oxygen atoms in total. The Kier molecular flexibility index (Phi) is 7.26. The fraction of sp³-hybridized carbons (Fsp3) is 0.400. The third kappa shape index (κ3) is 5.83. The van der Waals surface area contributed by atoms with E-state index in [1.54, 1.807) is 13.3 Å². The Hall–Kier alpha value is -3.55. The summed E-state index contributed by atoms with van der Waals surface area (Å²) < 4.78 is 12.1. The Morgan fingerprint density at radius 2 is 1.82 bits per heavy atom. The Morgan fingerprint density at radius 1 is 1.12 bits per heavy atom. The summed E-state index contributed by atoms with van der Waals surface area (Å²) >= 11 is 0. The number of hydrogen-bond acceptors (Lipinski definition) is 6. The molecule has 0 aliphatic heterocycles. The molecule has 1 amide bonds. The van der Waals surface area contributed by atoms with Gasteiger partial charge < -0.3 is 24.7 Å². The summed E-state index contributed by atoms with van der Waals surface area (Å²) in [6.07, 6.45) is 2.40. The Labute approximate surface area is 194 Å². The summed E-state index contributed by atoms with van der Waals surface area (Å²) in [5, 5.41) is 6.89. The first-order chi connectivity index (χ1) is 15.6. The van der Waals surface area contributed by atoms with Gasteiger partial charge in [-0.2, -0.15) is 0 Å². The molecule has 8 heteroatoms. The number of fused-ring (bicyclic) bond motifs is 1. The van der Waals surface area contributed by atoms with Crippen molar-refractivity contribution in [2.75, 3.05) is 31.4 Å². The third-order valence-corrected chi connectivity index (χ3v) is 5.18. The monoisotopic (exact) mass is 452 g/mol. The molecular formula is C25H32N4O4. The summed E-state index contributed by atoms with van der Waals surface area (Å²) in [5.41, 5.74) is 3.26. The van der Waals surface area contributed by atoms with Crippen molar-refractivity contribution in [1.82, 2.24) is 9.55 Å². The molecule has 33 heavy (non-hydrogen) atoms. The van der Waals surface area contributed by atoms with E-state index in [4.69, 9.17) is 9.47 Å². The number of esters is 1. The molecule has 0 radical (unpaired) electrons. The van der Waals surface area contributed by atoms with Crippen LogP contribution < -0.4 is 15.4 Å². The number of rotatable bonds is 8. The minimum absolute atomic E-state index is 0.0803. The first-order valence-electron chi connectivity index (χ1n) is 10.9. The highest BCUT2D eigenvalue weighted by molar-refractivity contribution is 6.10. The lowest BCUT2D eigenvalue weighted by Gasteiger charge is -2.19. The highest BCUT2D eigenvalue weighted by atomic mass is 16.5. The molecule has 0 aliphatic carbocycles. The second kappa shape index (κ2) is 9.94. The van der Waals surface area contributed by atoms with E-state index in [2.05, 4.69) is 36.4 Å². The molecular weight excluding hydrogens is 420 g/mol. The van der Waals surface area contributed by atoms with E-state index in [0.717, 1.165) is 23.5 Å². The maximum absolute atomic E-state index is 12.8. The van der Waals surface area contributed by atoms with Crippen molar-refractivity contribution in [1.29, 1.82) is 0 Å². The van der Waals surface area contributed by atoms with E-state index in [1.807, 2.05) is 34.9 Å². The van der Waals surface area contributed by atoms with Gasteiger partial charge in [0.1, 0.15) is 11.4 Å². The van der Waals surface area contributed by atoms with Crippen molar-refractivity contribution < 1.29 is 19.1 Å². The van der Waals surface area contributed by atoms with Crippen LogP contribution in [0.1, 0.15) is 43.7 Å². The van der Waals surface area contributed by atoms with E-state index in [0.29, 0.717) is 29.7 Å². The maximum atomic E-state index is 12.8. The van der Waals surface area contributed by atoms with Crippen molar-refractivity contribution in [2.24, 2.45) is 5.41 Å². The van der Waals surface area contributed by atoms with Crippen LogP contribution in [0.25, 0.3) is 11.0 Å². The number of nitrogens with zero attached hydrogens (tertiary/aromatic N) is 2. The summed E-state index contributed by atoms with van der Waals surface area (Å²) in [7, 11) is 2.96. The average Bonchev–Trinajstić information content (AvgIpc) is 3.07. The molecule has 2 N–H and O–H groups in total. The number of hydrogen-bond donors (Lipinski definition) is 2. The molecule has 3 rings (SSSR count). The number of ether oxygens (including phenoxy) is 2. The van der Waals surface area contributed by atoms with Crippen molar-refractivity contribution in [3.63, 3.8) is 0 Å². The number of aromatic nitrogens is 2. The summed E-state index contributed by atoms with van der Waals surface area (Å²) in [5.74, 6) is -0.0246. The molecule has 2 heterocycles. The van der Waals surface area contributed by atoms with Gasteiger partial charge in [-0.05, 0) is 35.6 Å². The highest BCUT2D eigenvalue weighted by Gasteiger charge is 2.25. The highest BCUT2D eigenvalue weighted by Crippen LogP contribution is 2.33. The molecule has 0 fully saturated rings. The minimum Gasteiger partial charge on any atom is -0.497 e. The van der Waals surface area contributed by atoms with Gasteiger partial charge in [0, 0.05) is 25.4 Å². The molecule has 0 bridgehead atoms. The number of carbonyl (C=O) groups excluding carboxylic acids is 2. The van der Waals surface area contributed by atoms with Crippen LogP contribution >= 0.6 is 0 Å². The number of pyridine rings is 1. The lowest BCUT2D eigenvalue weighted by molar-refractivity contribution is -0.114. The number of carbonyl (C=O) groups is 2. The quantitative estimate of drug-likeness (QED) is 0.489. The van der Waals surface area contributed by atoms with Gasteiger partial charge in [-0.3, -0.25) is 4.79 Å². The van der Waals surface area contributed by atoms with Crippen molar-refractivity contribution in [3.8, 4) is 5.75 Å². The number of aryl methyl sites for hydroxylation is 2. The van der Waals surface area contributed by atoms with Gasteiger partial charge in [0.2, 0.25) is 5.91 Å². The predicted molar refractivity (Wildman–Crippen MR) is 130 cm³/mol. The molecule has 3 aromatic rings. The van der Waals surface area contributed by atoms with Crippen LogP contribution in [0.2, 0.25) is 0 Å². The van der Waals surface area contributed by atoms with Crippen LogP contribution in [0.4, 0.5) is 11.4 Å². The molecule has 2 aromatic heterocycles. The molecule has 176 valence electrons. The molecule has 0 unspecified atom stereocenters. The third-order valence-electron chi connectivity index (χ3n) is 5.18. The lowest BCUT2D eigenvalue weighted by Crippen LogP contribution is -2.19. The zero-order valence-corrected chi connectivity index (χ0v) is 20.1. The number of anilines is 2. The standard InChI is InChI=1S/C25H32N4O4/c1-16(30)28-21-20-13-18(27-15-25(2,3)4)14-26-23(20)29(22(21)24(31)33-6)12-11-17-7-9-19(32-5)10-8-17/h7-10,13-14,27H,11-12,15H2,1-6H3,(H,28,30). The Balaban J connectivity index is 2.06. The lowest BCUT2D eigenvalue weighted by atomic mass is 9.97. The number of methoxy groups -OCH3 is 2. The molecule has 0 spiro atoms. The van der Waals surface area contributed by atoms with Crippen molar-refractivity contribution in [3.05, 3.63) is 47.8 Å². The summed E-state index contributed by atoms with van der Waals surface area (Å²) in [4.78, 5) is 29.4. The topological polar surface area (TPSA) is 94.5 Å². The van der Waals surface area contributed by atoms with Crippen LogP contribution in [0, 0.1) is 5.41 Å². The largest absolute Gasteiger partial charge is 0.497 e. The predicted octanol–water partition coefficient (Wildman–Crippen LogP) is 4.49. The van der Waals surface area contributed by atoms with Gasteiger partial charge in [-0.15, -0.1) is 0 Å². The number of benzene rings is 1. The van der Waals surface area contributed by atoms with E-state index in [1.165, 1.54) is 14.0 Å². The van der Waals surface area contributed by atoms with Gasteiger partial charge in [0.15, 0.2) is 5.69 Å². The average molecular weight is 453 g/mol. The van der Waals surface area contributed by atoms with Crippen LogP contribution in [0.5, 0.6) is 5.75 Å². The van der Waals surface area contributed by atoms with E-state index in [-0.39, 0.29) is 17.0 Å². The minimum atomic E-state index is -0.532. The van der Waals surface area contributed by atoms with Gasteiger partial charge >= 0.3 is 5.97 Å². The molecule has 0 saturated heterocycles. The fourth-order valence-electron chi connectivity index (χ4n) is 3.55. The zero-order valence-electron chi connectivity index (χ0n) is 20.1. The normalized spacial score (nSPS) is 11.3. The molecule has 0 aliphatic rings. The molecule has 0 saturated carbocycles. The molecule has 1 aromatic carbocycles. The van der Waals surface area contributed by atoms with Gasteiger partial charge in [-0.1, -0.05) is 32.9 Å². The smallest absolute Gasteiger partial charge is 0.356 e. The SMILES string of the molecule is COC(=O)c1c(NC(C)=O)c2cc(NCC(C)(C)C)cnc2n1CCc1ccc(OC)cc1. The molecule has 0 atom stereocenters. The zero-order chi connectivity index (χ0) is 24.2. The van der Waals surface area contributed by atoms with Crippen LogP contribution in [0.3, 0.4) is 0 Å². The van der Waals surface area contributed by atoms with Gasteiger partial charge in [0.05, 0.1) is 31.8 Å². The summed E-state index contributed by atoms with van der Waals surface area (Å²) in [6, 6.07) is 9.69. The maximum Gasteiger partial charge on any atom is 0.356 e. The second-order valence-electron chi connectivity index (χ2n) is 9.16. The van der Waals surface area contributed by atoms with Crippen LogP contribution in [-0.4, -0.2) is 42.2 Å². The van der Waals surface area contributed by atoms with Crippen LogP contribution in [-0.2, 0) is 22.5 Å². The first kappa shape index (κ1) is 24.1. The first-order valence-corrected chi connectivity index (χ1v) is 10.9. The fourth-order valence-corrected chi connectivity index (χ4v) is 3.55. The number of amides is 1. The van der Waals surface area contributed by atoms with E-state index >= 15 is 0 Å². The Bertz CT molecular complexity index is 1140. The number of nitrogens with one attached hydrogen (secondary N) is 2. The van der Waals surface area contributed by atoms with E-state index in [9.17, 15) is 9.59 Å². The van der Waals surface area contributed by atoms with Gasteiger partial charge in [0.25, 0.3) is 0 Å². The Morgan fingerprint density at radius 3 is 2.39 bits per heavy atom. The van der Waals surface area contributed by atoms with Crippen molar-refractivity contribution in [2.45, 2.75) is 40.7 Å². The van der Waals surface area contributed by atoms with Gasteiger partial charge in [-0.25, -0.2) is 9.78 Å².